The highest BCUT2D eigenvalue weighted by Crippen LogP contribution is 2.42. The summed E-state index contributed by atoms with van der Waals surface area (Å²) in [5.74, 6) is -0.111. The topological polar surface area (TPSA) is 35.5 Å². The molecular formula is C17H26ClFN2O. The van der Waals surface area contributed by atoms with Crippen molar-refractivity contribution >= 4 is 12.4 Å². The first kappa shape index (κ1) is 17.5. The molecule has 22 heavy (non-hydrogen) atoms. The second-order valence-corrected chi connectivity index (χ2v) is 6.31. The van der Waals surface area contributed by atoms with Crippen molar-refractivity contribution in [3.05, 3.63) is 29.6 Å². The van der Waals surface area contributed by atoms with Crippen molar-refractivity contribution in [2.24, 2.45) is 5.92 Å². The summed E-state index contributed by atoms with van der Waals surface area (Å²) in [4.78, 5) is 2.43. The molecule has 1 aliphatic carbocycles. The molecule has 2 aliphatic rings. The van der Waals surface area contributed by atoms with Crippen molar-refractivity contribution in [3.8, 4) is 5.75 Å². The molecule has 3 nitrogen and oxygen atoms in total. The average Bonchev–Trinajstić information content (AvgIpc) is 2.54. The highest BCUT2D eigenvalue weighted by atomic mass is 35.5. The van der Waals surface area contributed by atoms with E-state index in [0.29, 0.717) is 5.92 Å². The van der Waals surface area contributed by atoms with E-state index in [1.807, 2.05) is 6.07 Å². The molecule has 1 heterocycles. The predicted molar refractivity (Wildman–Crippen MR) is 89.1 cm³/mol. The zero-order chi connectivity index (χ0) is 14.7. The fourth-order valence-corrected chi connectivity index (χ4v) is 3.93. The fourth-order valence-electron chi connectivity index (χ4n) is 3.93. The van der Waals surface area contributed by atoms with Gasteiger partial charge in [-0.25, -0.2) is 4.39 Å². The molecule has 1 saturated heterocycles. The quantitative estimate of drug-likeness (QED) is 0.891. The molecule has 0 amide bonds. The van der Waals surface area contributed by atoms with Crippen molar-refractivity contribution in [2.45, 2.75) is 38.1 Å². The van der Waals surface area contributed by atoms with Gasteiger partial charge in [-0.2, -0.15) is 0 Å². The Morgan fingerprint density at radius 3 is 2.50 bits per heavy atom. The highest BCUT2D eigenvalue weighted by molar-refractivity contribution is 5.85. The molecule has 1 saturated carbocycles. The first-order chi connectivity index (χ1) is 10.3. The SMILES string of the molecule is Cl.Oc1c(F)cccc1[C@H](C1CCCCC1)N1CCNCC1. The summed E-state index contributed by atoms with van der Waals surface area (Å²) in [6, 6.07) is 5.12. The maximum atomic E-state index is 13.8. The standard InChI is InChI=1S/C17H25FN2O.ClH/c18-15-8-4-7-14(17(15)21)16(13-5-2-1-3-6-13)20-11-9-19-10-12-20;/h4,7-8,13,16,19,21H,1-3,5-6,9-12H2;1H/t16-;/m0./s1. The minimum atomic E-state index is -0.497. The van der Waals surface area contributed by atoms with Crippen LogP contribution in [0.4, 0.5) is 4.39 Å². The van der Waals surface area contributed by atoms with Gasteiger partial charge in [0.15, 0.2) is 11.6 Å². The molecule has 0 bridgehead atoms. The number of aromatic hydroxyl groups is 1. The van der Waals surface area contributed by atoms with E-state index in [2.05, 4.69) is 10.2 Å². The Morgan fingerprint density at radius 1 is 1.14 bits per heavy atom. The Hall–Kier alpha value is -0.840. The number of piperazine rings is 1. The zero-order valence-corrected chi connectivity index (χ0v) is 13.7. The van der Waals surface area contributed by atoms with Crippen LogP contribution in [0.25, 0.3) is 0 Å². The van der Waals surface area contributed by atoms with Crippen molar-refractivity contribution in [1.82, 2.24) is 10.2 Å². The lowest BCUT2D eigenvalue weighted by Gasteiger charge is -2.41. The molecule has 1 aromatic rings. The van der Waals surface area contributed by atoms with Gasteiger partial charge in [0.25, 0.3) is 0 Å². The smallest absolute Gasteiger partial charge is 0.165 e. The first-order valence-electron chi connectivity index (χ1n) is 8.19. The van der Waals surface area contributed by atoms with Gasteiger partial charge in [0.1, 0.15) is 0 Å². The number of halogens is 2. The van der Waals surface area contributed by atoms with Gasteiger partial charge in [0.05, 0.1) is 0 Å². The van der Waals surface area contributed by atoms with Crippen molar-refractivity contribution in [1.29, 1.82) is 0 Å². The van der Waals surface area contributed by atoms with E-state index >= 15 is 0 Å². The van der Waals surface area contributed by atoms with Gasteiger partial charge in [-0.1, -0.05) is 31.4 Å². The second-order valence-electron chi connectivity index (χ2n) is 6.31. The Labute approximate surface area is 138 Å². The van der Waals surface area contributed by atoms with Crippen LogP contribution in [0.1, 0.15) is 43.7 Å². The number of hydrogen-bond acceptors (Lipinski definition) is 3. The summed E-state index contributed by atoms with van der Waals surface area (Å²) in [5, 5.41) is 13.6. The Kier molecular flexibility index (Phi) is 6.48. The Bertz CT molecular complexity index is 456. The number of nitrogens with zero attached hydrogens (tertiary/aromatic N) is 1. The van der Waals surface area contributed by atoms with Gasteiger partial charge >= 0.3 is 0 Å². The first-order valence-corrected chi connectivity index (χ1v) is 8.19. The van der Waals surface area contributed by atoms with Crippen LogP contribution in [0.3, 0.4) is 0 Å². The van der Waals surface area contributed by atoms with Crippen LogP contribution >= 0.6 is 12.4 Å². The molecule has 5 heteroatoms. The van der Waals surface area contributed by atoms with Crippen LogP contribution in [0.15, 0.2) is 18.2 Å². The third kappa shape index (κ3) is 3.73. The molecule has 3 rings (SSSR count). The van der Waals surface area contributed by atoms with Crippen LogP contribution < -0.4 is 5.32 Å². The molecule has 1 aromatic carbocycles. The predicted octanol–water partition coefficient (Wildman–Crippen LogP) is 3.48. The van der Waals surface area contributed by atoms with Crippen LogP contribution in [0, 0.1) is 11.7 Å². The number of rotatable bonds is 3. The van der Waals surface area contributed by atoms with E-state index in [1.165, 1.54) is 38.2 Å². The summed E-state index contributed by atoms with van der Waals surface area (Å²) in [7, 11) is 0. The van der Waals surface area contributed by atoms with Gasteiger partial charge in [-0.15, -0.1) is 12.4 Å². The van der Waals surface area contributed by atoms with E-state index < -0.39 is 5.82 Å². The van der Waals surface area contributed by atoms with Crippen LogP contribution in [0.2, 0.25) is 0 Å². The highest BCUT2D eigenvalue weighted by Gasteiger charge is 2.33. The molecular weight excluding hydrogens is 303 g/mol. The average molecular weight is 329 g/mol. The number of phenolic OH excluding ortho intramolecular Hbond substituents is 1. The van der Waals surface area contributed by atoms with Crippen molar-refractivity contribution in [2.75, 3.05) is 26.2 Å². The van der Waals surface area contributed by atoms with Gasteiger partial charge in [-0.3, -0.25) is 4.90 Å². The molecule has 0 radical (unpaired) electrons. The number of para-hydroxylation sites is 1. The van der Waals surface area contributed by atoms with E-state index in [0.717, 1.165) is 31.7 Å². The van der Waals surface area contributed by atoms with Gasteiger partial charge < -0.3 is 10.4 Å². The molecule has 1 aliphatic heterocycles. The minimum absolute atomic E-state index is 0. The van der Waals surface area contributed by atoms with E-state index in [-0.39, 0.29) is 24.2 Å². The van der Waals surface area contributed by atoms with Crippen molar-refractivity contribution in [3.63, 3.8) is 0 Å². The molecule has 2 N–H and O–H groups in total. The minimum Gasteiger partial charge on any atom is -0.505 e. The second kappa shape index (κ2) is 8.14. The molecule has 2 fully saturated rings. The van der Waals surface area contributed by atoms with Crippen LogP contribution in [-0.4, -0.2) is 36.2 Å². The Morgan fingerprint density at radius 2 is 1.82 bits per heavy atom. The number of benzene rings is 1. The lowest BCUT2D eigenvalue weighted by molar-refractivity contribution is 0.101. The zero-order valence-electron chi connectivity index (χ0n) is 12.9. The molecule has 1 atom stereocenters. The number of hydrogen-bond donors (Lipinski definition) is 2. The summed E-state index contributed by atoms with van der Waals surface area (Å²) in [5.41, 5.74) is 0.781. The number of nitrogens with one attached hydrogen (secondary N) is 1. The summed E-state index contributed by atoms with van der Waals surface area (Å²) in [6.07, 6.45) is 6.18. The lowest BCUT2D eigenvalue weighted by Crippen LogP contribution is -2.47. The molecule has 0 spiro atoms. The Balaban J connectivity index is 0.00000176. The van der Waals surface area contributed by atoms with E-state index in [1.54, 1.807) is 6.07 Å². The largest absolute Gasteiger partial charge is 0.505 e. The summed E-state index contributed by atoms with van der Waals surface area (Å²) < 4.78 is 13.8. The third-order valence-corrected chi connectivity index (χ3v) is 4.98. The maximum Gasteiger partial charge on any atom is 0.165 e. The van der Waals surface area contributed by atoms with Gasteiger partial charge in [0.2, 0.25) is 0 Å². The fraction of sp³-hybridized carbons (Fsp3) is 0.647. The molecule has 124 valence electrons. The van der Waals surface area contributed by atoms with Crippen LogP contribution in [-0.2, 0) is 0 Å². The number of phenols is 1. The van der Waals surface area contributed by atoms with Crippen molar-refractivity contribution < 1.29 is 9.50 Å². The van der Waals surface area contributed by atoms with Gasteiger partial charge in [0, 0.05) is 37.8 Å². The monoisotopic (exact) mass is 328 g/mol. The molecule has 0 unspecified atom stereocenters. The summed E-state index contributed by atoms with van der Waals surface area (Å²) >= 11 is 0. The maximum absolute atomic E-state index is 13.8. The van der Waals surface area contributed by atoms with Gasteiger partial charge in [-0.05, 0) is 24.8 Å². The van der Waals surface area contributed by atoms with E-state index in [9.17, 15) is 9.50 Å². The third-order valence-electron chi connectivity index (χ3n) is 4.98. The normalized spacial score (nSPS) is 22.0. The molecule has 0 aromatic heterocycles. The lowest BCUT2D eigenvalue weighted by atomic mass is 9.80. The summed E-state index contributed by atoms with van der Waals surface area (Å²) in [6.45, 7) is 3.88. The van der Waals surface area contributed by atoms with Crippen LogP contribution in [0.5, 0.6) is 5.75 Å². The van der Waals surface area contributed by atoms with E-state index in [4.69, 9.17) is 0 Å².